The van der Waals surface area contributed by atoms with Gasteiger partial charge in [-0.25, -0.2) is 0 Å². The van der Waals surface area contributed by atoms with Gasteiger partial charge in [-0.1, -0.05) is 72.1 Å². The van der Waals surface area contributed by atoms with Gasteiger partial charge in [-0.15, -0.1) is 0 Å². The third-order valence-corrected chi connectivity index (χ3v) is 7.14. The number of carboxylic acid groups (broad SMARTS) is 1. The van der Waals surface area contributed by atoms with Crippen molar-refractivity contribution in [1.82, 2.24) is 0 Å². The van der Waals surface area contributed by atoms with E-state index in [4.69, 9.17) is 5.11 Å². The van der Waals surface area contributed by atoms with Crippen molar-refractivity contribution >= 4 is 53.8 Å². The lowest BCUT2D eigenvalue weighted by molar-refractivity contribution is -0.136. The van der Waals surface area contributed by atoms with E-state index in [0.717, 1.165) is 22.9 Å². The largest absolute Gasteiger partial charge is 0.480 e. The van der Waals surface area contributed by atoms with Gasteiger partial charge in [0.1, 0.15) is 4.83 Å². The molecule has 1 aliphatic carbocycles. The standard InChI is InChI=1S/C17H13Br3O2/c18-12-4-6-14-10(8-12)2-1-9-7-11(3-5-13(9)14)15(19)16(20)17(21)22/h3-8,15-16H,1-2H2,(H,21,22). The zero-order valence-corrected chi connectivity index (χ0v) is 16.3. The van der Waals surface area contributed by atoms with E-state index in [9.17, 15) is 4.79 Å². The highest BCUT2D eigenvalue weighted by atomic mass is 79.9. The predicted octanol–water partition coefficient (Wildman–Crippen LogP) is 5.50. The quantitative estimate of drug-likeness (QED) is 0.579. The molecule has 22 heavy (non-hydrogen) atoms. The summed E-state index contributed by atoms with van der Waals surface area (Å²) in [6.07, 6.45) is 1.99. The van der Waals surface area contributed by atoms with Gasteiger partial charge < -0.3 is 5.11 Å². The van der Waals surface area contributed by atoms with Gasteiger partial charge in [0, 0.05) is 4.47 Å². The number of rotatable bonds is 3. The van der Waals surface area contributed by atoms with Crippen LogP contribution in [0, 0.1) is 0 Å². The third-order valence-electron chi connectivity index (χ3n) is 3.96. The first-order valence-corrected chi connectivity index (χ1v) is 9.52. The maximum Gasteiger partial charge on any atom is 0.318 e. The molecule has 0 amide bonds. The molecular weight excluding hydrogens is 476 g/mol. The Hall–Kier alpha value is -0.650. The molecule has 0 bridgehead atoms. The van der Waals surface area contributed by atoms with Crippen LogP contribution in [0.5, 0.6) is 0 Å². The van der Waals surface area contributed by atoms with Crippen molar-refractivity contribution in [2.24, 2.45) is 0 Å². The average Bonchev–Trinajstić information content (AvgIpc) is 2.52. The molecule has 2 nitrogen and oxygen atoms in total. The molecule has 0 spiro atoms. The monoisotopic (exact) mass is 486 g/mol. The maximum atomic E-state index is 11.1. The molecule has 114 valence electrons. The summed E-state index contributed by atoms with van der Waals surface area (Å²) in [6, 6.07) is 12.6. The number of aryl methyl sites for hydroxylation is 2. The fraction of sp³-hybridized carbons (Fsp3) is 0.235. The first-order chi connectivity index (χ1) is 10.5. The van der Waals surface area contributed by atoms with Gasteiger partial charge in [0.05, 0.1) is 4.83 Å². The fourth-order valence-corrected chi connectivity index (χ4v) is 4.07. The van der Waals surface area contributed by atoms with Crippen molar-refractivity contribution in [3.05, 3.63) is 57.6 Å². The minimum absolute atomic E-state index is 0.249. The minimum Gasteiger partial charge on any atom is -0.480 e. The van der Waals surface area contributed by atoms with Crippen molar-refractivity contribution in [3.8, 4) is 11.1 Å². The van der Waals surface area contributed by atoms with Crippen molar-refractivity contribution in [3.63, 3.8) is 0 Å². The average molecular weight is 489 g/mol. The molecule has 2 aromatic rings. The van der Waals surface area contributed by atoms with Crippen LogP contribution >= 0.6 is 47.8 Å². The second-order valence-electron chi connectivity index (χ2n) is 5.36. The summed E-state index contributed by atoms with van der Waals surface area (Å²) in [5.74, 6) is -0.866. The Morgan fingerprint density at radius 3 is 2.23 bits per heavy atom. The first kappa shape index (κ1) is 16.2. The van der Waals surface area contributed by atoms with Crippen molar-refractivity contribution < 1.29 is 9.90 Å². The van der Waals surface area contributed by atoms with E-state index < -0.39 is 10.8 Å². The Morgan fingerprint density at radius 1 is 1.00 bits per heavy atom. The summed E-state index contributed by atoms with van der Waals surface area (Å²) in [4.78, 5) is 10.2. The highest BCUT2D eigenvalue weighted by molar-refractivity contribution is 9.12. The molecule has 3 rings (SSSR count). The van der Waals surface area contributed by atoms with E-state index >= 15 is 0 Å². The van der Waals surface area contributed by atoms with Gasteiger partial charge >= 0.3 is 5.97 Å². The van der Waals surface area contributed by atoms with Crippen LogP contribution in [0.25, 0.3) is 11.1 Å². The lowest BCUT2D eigenvalue weighted by Gasteiger charge is -2.22. The molecule has 2 atom stereocenters. The molecule has 0 heterocycles. The number of hydrogen-bond acceptors (Lipinski definition) is 1. The second-order valence-corrected chi connectivity index (χ2v) is 8.25. The van der Waals surface area contributed by atoms with Crippen molar-refractivity contribution in [2.45, 2.75) is 22.5 Å². The van der Waals surface area contributed by atoms with Crippen LogP contribution in [0.15, 0.2) is 40.9 Å². The summed E-state index contributed by atoms with van der Waals surface area (Å²) in [7, 11) is 0. The SMILES string of the molecule is O=C(O)C(Br)C(Br)c1ccc2c(c1)CCc1cc(Br)ccc1-2. The normalized spacial score (nSPS) is 15.6. The van der Waals surface area contributed by atoms with Gasteiger partial charge in [0.15, 0.2) is 0 Å². The molecule has 0 saturated heterocycles. The number of hydrogen-bond donors (Lipinski definition) is 1. The van der Waals surface area contributed by atoms with E-state index in [1.165, 1.54) is 22.3 Å². The van der Waals surface area contributed by atoms with Gasteiger partial charge in [-0.05, 0) is 52.8 Å². The smallest absolute Gasteiger partial charge is 0.318 e. The molecular formula is C17H13Br3O2. The van der Waals surface area contributed by atoms with Gasteiger partial charge in [-0.2, -0.15) is 0 Å². The van der Waals surface area contributed by atoms with Gasteiger partial charge in [0.25, 0.3) is 0 Å². The Balaban J connectivity index is 1.99. The number of fused-ring (bicyclic) bond motifs is 3. The number of halogens is 3. The number of carboxylic acids is 1. The molecule has 0 fully saturated rings. The molecule has 1 aliphatic rings. The molecule has 1 N–H and O–H groups in total. The van der Waals surface area contributed by atoms with E-state index in [0.29, 0.717) is 0 Å². The minimum atomic E-state index is -0.866. The molecule has 0 radical (unpaired) electrons. The van der Waals surface area contributed by atoms with Crippen LogP contribution in [-0.4, -0.2) is 15.9 Å². The summed E-state index contributed by atoms with van der Waals surface area (Å²) >= 11 is 10.2. The van der Waals surface area contributed by atoms with E-state index in [2.05, 4.69) is 78.1 Å². The summed E-state index contributed by atoms with van der Waals surface area (Å²) in [5.41, 5.74) is 6.15. The molecule has 2 unspecified atom stereocenters. The van der Waals surface area contributed by atoms with Gasteiger partial charge in [0.2, 0.25) is 0 Å². The summed E-state index contributed by atoms with van der Waals surface area (Å²) in [6.45, 7) is 0. The highest BCUT2D eigenvalue weighted by Crippen LogP contribution is 2.38. The van der Waals surface area contributed by atoms with E-state index in [1.54, 1.807) is 0 Å². The topological polar surface area (TPSA) is 37.3 Å². The Labute approximate surface area is 154 Å². The highest BCUT2D eigenvalue weighted by Gasteiger charge is 2.26. The number of benzene rings is 2. The zero-order valence-electron chi connectivity index (χ0n) is 11.5. The van der Waals surface area contributed by atoms with Crippen LogP contribution in [0.4, 0.5) is 0 Å². The van der Waals surface area contributed by atoms with Crippen LogP contribution in [0.2, 0.25) is 0 Å². The van der Waals surface area contributed by atoms with Crippen LogP contribution in [0.1, 0.15) is 21.5 Å². The van der Waals surface area contributed by atoms with Crippen LogP contribution < -0.4 is 0 Å². The molecule has 0 aromatic heterocycles. The maximum absolute atomic E-state index is 11.1. The Morgan fingerprint density at radius 2 is 1.59 bits per heavy atom. The van der Waals surface area contributed by atoms with Crippen molar-refractivity contribution in [1.29, 1.82) is 0 Å². The lowest BCUT2D eigenvalue weighted by Crippen LogP contribution is -2.18. The molecule has 0 aliphatic heterocycles. The molecule has 5 heteroatoms. The summed E-state index contributed by atoms with van der Waals surface area (Å²) < 4.78 is 1.11. The van der Waals surface area contributed by atoms with Crippen LogP contribution in [0.3, 0.4) is 0 Å². The lowest BCUT2D eigenvalue weighted by atomic mass is 9.84. The fourth-order valence-electron chi connectivity index (χ4n) is 2.85. The predicted molar refractivity (Wildman–Crippen MR) is 99.0 cm³/mol. The molecule has 0 saturated carbocycles. The Kier molecular flexibility index (Phi) is 4.76. The Bertz CT molecular complexity index is 743. The molecule has 2 aromatic carbocycles. The van der Waals surface area contributed by atoms with Crippen molar-refractivity contribution in [2.75, 3.05) is 0 Å². The number of carbonyl (C=O) groups is 1. The first-order valence-electron chi connectivity index (χ1n) is 6.90. The van der Waals surface area contributed by atoms with Gasteiger partial charge in [-0.3, -0.25) is 4.79 Å². The second kappa shape index (κ2) is 6.46. The summed E-state index contributed by atoms with van der Waals surface area (Å²) in [5, 5.41) is 9.13. The zero-order chi connectivity index (χ0) is 15.9. The number of alkyl halides is 2. The van der Waals surface area contributed by atoms with Crippen LogP contribution in [-0.2, 0) is 17.6 Å². The third kappa shape index (κ3) is 3.03. The van der Waals surface area contributed by atoms with E-state index in [1.807, 2.05) is 6.07 Å². The number of aliphatic carboxylic acids is 1. The van der Waals surface area contributed by atoms with E-state index in [-0.39, 0.29) is 4.83 Å².